The molecule has 0 aliphatic rings. The number of hydrogen-bond donors (Lipinski definition) is 2. The minimum atomic E-state index is -1.09. The van der Waals surface area contributed by atoms with Crippen molar-refractivity contribution < 1.29 is 9.90 Å². The predicted octanol–water partition coefficient (Wildman–Crippen LogP) is 2.68. The number of hydrogen-bond acceptors (Lipinski definition) is 6. The van der Waals surface area contributed by atoms with Gasteiger partial charge in [0, 0.05) is 36.0 Å². The Balaban J connectivity index is 1.92. The van der Waals surface area contributed by atoms with Crippen LogP contribution in [0.5, 0.6) is 0 Å². The summed E-state index contributed by atoms with van der Waals surface area (Å²) in [5, 5.41) is 12.1. The van der Waals surface area contributed by atoms with Gasteiger partial charge in [-0.1, -0.05) is 0 Å². The Morgan fingerprint density at radius 3 is 2.78 bits per heavy atom. The van der Waals surface area contributed by atoms with Gasteiger partial charge in [0.25, 0.3) is 0 Å². The Bertz CT molecular complexity index is 852. The van der Waals surface area contributed by atoms with Gasteiger partial charge in [0.1, 0.15) is 5.69 Å². The van der Waals surface area contributed by atoms with Gasteiger partial charge in [0.2, 0.25) is 5.95 Å². The molecule has 114 valence electrons. The molecule has 0 aromatic carbocycles. The number of carbonyl (C=O) groups is 1. The maximum Gasteiger partial charge on any atom is 0.354 e. The first-order chi connectivity index (χ1) is 11.1. The van der Waals surface area contributed by atoms with Gasteiger partial charge in [0.05, 0.1) is 5.69 Å². The Morgan fingerprint density at radius 1 is 1.17 bits per heavy atom. The van der Waals surface area contributed by atoms with Crippen LogP contribution in [0.25, 0.3) is 11.3 Å². The van der Waals surface area contributed by atoms with Crippen LogP contribution in [0.3, 0.4) is 0 Å². The number of carboxylic acid groups (broad SMARTS) is 1. The van der Waals surface area contributed by atoms with Crippen LogP contribution in [0.15, 0.2) is 49.1 Å². The van der Waals surface area contributed by atoms with Crippen molar-refractivity contribution in [2.45, 2.75) is 6.92 Å². The third kappa shape index (κ3) is 3.29. The van der Waals surface area contributed by atoms with E-state index in [2.05, 4.69) is 25.3 Å². The van der Waals surface area contributed by atoms with Crippen LogP contribution in [-0.4, -0.2) is 31.0 Å². The van der Waals surface area contributed by atoms with Crippen LogP contribution in [0.4, 0.5) is 11.6 Å². The predicted molar refractivity (Wildman–Crippen MR) is 84.5 cm³/mol. The van der Waals surface area contributed by atoms with Crippen LogP contribution < -0.4 is 5.32 Å². The lowest BCUT2D eigenvalue weighted by Gasteiger charge is -2.09. The summed E-state index contributed by atoms with van der Waals surface area (Å²) in [4.78, 5) is 27.5. The summed E-state index contributed by atoms with van der Waals surface area (Å²) in [7, 11) is 0. The third-order valence-electron chi connectivity index (χ3n) is 3.18. The van der Waals surface area contributed by atoms with Crippen LogP contribution in [0, 0.1) is 6.92 Å². The molecule has 0 spiro atoms. The molecule has 0 fully saturated rings. The molecule has 3 rings (SSSR count). The van der Waals surface area contributed by atoms with Gasteiger partial charge in [-0.2, -0.15) is 0 Å². The highest BCUT2D eigenvalue weighted by Gasteiger charge is 2.09. The molecule has 0 aliphatic carbocycles. The van der Waals surface area contributed by atoms with Gasteiger partial charge < -0.3 is 10.4 Å². The number of pyridine rings is 2. The summed E-state index contributed by atoms with van der Waals surface area (Å²) in [6.07, 6.45) is 6.53. The molecule has 7 heteroatoms. The Morgan fingerprint density at radius 2 is 2.04 bits per heavy atom. The van der Waals surface area contributed by atoms with Crippen LogP contribution in [0.2, 0.25) is 0 Å². The Kier molecular flexibility index (Phi) is 3.92. The van der Waals surface area contributed by atoms with E-state index in [1.165, 1.54) is 12.3 Å². The number of aromatic carboxylic acids is 1. The summed E-state index contributed by atoms with van der Waals surface area (Å²) in [5.74, 6) is -0.713. The van der Waals surface area contributed by atoms with E-state index in [-0.39, 0.29) is 5.69 Å². The normalized spacial score (nSPS) is 10.3. The second-order valence-corrected chi connectivity index (χ2v) is 4.82. The van der Waals surface area contributed by atoms with Crippen LogP contribution >= 0.6 is 0 Å². The van der Waals surface area contributed by atoms with Gasteiger partial charge >= 0.3 is 5.97 Å². The van der Waals surface area contributed by atoms with Gasteiger partial charge in [-0.05, 0) is 36.8 Å². The first-order valence-electron chi connectivity index (χ1n) is 6.84. The zero-order chi connectivity index (χ0) is 16.2. The van der Waals surface area contributed by atoms with Gasteiger partial charge in [-0.15, -0.1) is 0 Å². The van der Waals surface area contributed by atoms with E-state index in [9.17, 15) is 4.79 Å². The minimum Gasteiger partial charge on any atom is -0.477 e. The zero-order valence-corrected chi connectivity index (χ0v) is 12.3. The zero-order valence-electron chi connectivity index (χ0n) is 12.3. The number of nitrogens with zero attached hydrogens (tertiary/aromatic N) is 4. The second-order valence-electron chi connectivity index (χ2n) is 4.82. The molecule has 0 bridgehead atoms. The number of aryl methyl sites for hydroxylation is 1. The van der Waals surface area contributed by atoms with E-state index in [4.69, 9.17) is 5.11 Å². The highest BCUT2D eigenvalue weighted by molar-refractivity contribution is 5.87. The molecule has 3 heterocycles. The molecule has 0 aliphatic heterocycles. The number of carboxylic acids is 1. The summed E-state index contributed by atoms with van der Waals surface area (Å²) in [6.45, 7) is 1.83. The molecule has 3 aromatic rings. The fraction of sp³-hybridized carbons (Fsp3) is 0.0625. The van der Waals surface area contributed by atoms with Crippen molar-refractivity contribution in [1.29, 1.82) is 0 Å². The first kappa shape index (κ1) is 14.6. The lowest BCUT2D eigenvalue weighted by molar-refractivity contribution is 0.0690. The SMILES string of the molecule is Cc1cnc(C(=O)O)cc1Nc1nccc(-c2cccnc2)n1. The van der Waals surface area contributed by atoms with Crippen molar-refractivity contribution in [2.75, 3.05) is 5.32 Å². The molecule has 0 atom stereocenters. The van der Waals surface area contributed by atoms with Gasteiger partial charge in [-0.3, -0.25) is 4.98 Å². The van der Waals surface area contributed by atoms with Gasteiger partial charge in [0.15, 0.2) is 0 Å². The molecule has 0 amide bonds. The van der Waals surface area contributed by atoms with E-state index in [1.54, 1.807) is 24.7 Å². The van der Waals surface area contributed by atoms with Gasteiger partial charge in [-0.25, -0.2) is 19.7 Å². The molecule has 23 heavy (non-hydrogen) atoms. The number of anilines is 2. The van der Waals surface area contributed by atoms with Crippen molar-refractivity contribution >= 4 is 17.6 Å². The van der Waals surface area contributed by atoms with Crippen molar-refractivity contribution in [1.82, 2.24) is 19.9 Å². The van der Waals surface area contributed by atoms with Crippen molar-refractivity contribution in [3.63, 3.8) is 0 Å². The van der Waals surface area contributed by atoms with E-state index >= 15 is 0 Å². The van der Waals surface area contributed by atoms with Crippen LogP contribution in [0.1, 0.15) is 16.1 Å². The standard InChI is InChI=1S/C16H13N5O2/c1-10-8-19-14(15(22)23)7-13(10)21-16-18-6-4-12(20-16)11-3-2-5-17-9-11/h2-9H,1H3,(H,22,23)(H,18,19,20,21). The average Bonchev–Trinajstić information content (AvgIpc) is 2.58. The van der Waals surface area contributed by atoms with E-state index in [0.29, 0.717) is 11.6 Å². The number of rotatable bonds is 4. The topological polar surface area (TPSA) is 101 Å². The van der Waals surface area contributed by atoms with Crippen molar-refractivity contribution in [3.05, 3.63) is 60.3 Å². The molecule has 0 saturated carbocycles. The Hall–Kier alpha value is -3.35. The van der Waals surface area contributed by atoms with Crippen molar-refractivity contribution in [3.8, 4) is 11.3 Å². The maximum absolute atomic E-state index is 11.0. The number of aromatic nitrogens is 4. The lowest BCUT2D eigenvalue weighted by Crippen LogP contribution is -2.04. The molecule has 7 nitrogen and oxygen atoms in total. The minimum absolute atomic E-state index is 0.0403. The summed E-state index contributed by atoms with van der Waals surface area (Å²) in [5.41, 5.74) is 2.95. The monoisotopic (exact) mass is 307 g/mol. The molecule has 0 radical (unpaired) electrons. The smallest absolute Gasteiger partial charge is 0.354 e. The first-order valence-corrected chi connectivity index (χ1v) is 6.84. The fourth-order valence-electron chi connectivity index (χ4n) is 1.99. The molecular weight excluding hydrogens is 294 g/mol. The molecule has 2 N–H and O–H groups in total. The lowest BCUT2D eigenvalue weighted by atomic mass is 10.2. The molecule has 3 aromatic heterocycles. The highest BCUT2D eigenvalue weighted by Crippen LogP contribution is 2.21. The third-order valence-corrected chi connectivity index (χ3v) is 3.18. The number of nitrogens with one attached hydrogen (secondary N) is 1. The second kappa shape index (κ2) is 6.18. The average molecular weight is 307 g/mol. The molecular formula is C16H13N5O2. The fourth-order valence-corrected chi connectivity index (χ4v) is 1.99. The summed E-state index contributed by atoms with van der Waals surface area (Å²) < 4.78 is 0. The summed E-state index contributed by atoms with van der Waals surface area (Å²) >= 11 is 0. The maximum atomic E-state index is 11.0. The largest absolute Gasteiger partial charge is 0.477 e. The van der Waals surface area contributed by atoms with E-state index in [1.807, 2.05) is 19.1 Å². The van der Waals surface area contributed by atoms with E-state index in [0.717, 1.165) is 16.8 Å². The van der Waals surface area contributed by atoms with Crippen molar-refractivity contribution in [2.24, 2.45) is 0 Å². The highest BCUT2D eigenvalue weighted by atomic mass is 16.4. The van der Waals surface area contributed by atoms with Crippen LogP contribution in [-0.2, 0) is 0 Å². The van der Waals surface area contributed by atoms with E-state index < -0.39 is 5.97 Å². The Labute approximate surface area is 132 Å². The molecule has 0 unspecified atom stereocenters. The quantitative estimate of drug-likeness (QED) is 0.764. The molecule has 0 saturated heterocycles. The summed E-state index contributed by atoms with van der Waals surface area (Å²) in [6, 6.07) is 6.97.